The van der Waals surface area contributed by atoms with Crippen LogP contribution < -0.4 is 4.74 Å². The summed E-state index contributed by atoms with van der Waals surface area (Å²) in [5, 5.41) is 0.594. The molecule has 2 aromatic rings. The van der Waals surface area contributed by atoms with Crippen molar-refractivity contribution in [2.75, 3.05) is 0 Å². The van der Waals surface area contributed by atoms with Crippen molar-refractivity contribution >= 4 is 11.6 Å². The third-order valence-electron chi connectivity index (χ3n) is 3.75. The second-order valence-corrected chi connectivity index (χ2v) is 5.66. The van der Waals surface area contributed by atoms with Crippen molar-refractivity contribution in [1.82, 2.24) is 4.98 Å². The normalized spacial score (nSPS) is 16.1. The predicted octanol–water partition coefficient (Wildman–Crippen LogP) is 5.11. The first-order chi connectivity index (χ1) is 9.83. The highest BCUT2D eigenvalue weighted by molar-refractivity contribution is 6.32. The van der Waals surface area contributed by atoms with E-state index >= 15 is 0 Å². The summed E-state index contributed by atoms with van der Waals surface area (Å²) in [4.78, 5) is 4.39. The van der Waals surface area contributed by atoms with Gasteiger partial charge in [-0.3, -0.25) is 0 Å². The fraction of sp³-hybridized carbons (Fsp3) is 0.353. The number of aromatic nitrogens is 1. The zero-order valence-corrected chi connectivity index (χ0v) is 12.1. The Balaban J connectivity index is 1.77. The Morgan fingerprint density at radius 2 is 1.75 bits per heavy atom. The fourth-order valence-corrected chi connectivity index (χ4v) is 2.85. The molecule has 0 spiro atoms. The Hall–Kier alpha value is -1.54. The van der Waals surface area contributed by atoms with Crippen molar-refractivity contribution in [2.24, 2.45) is 0 Å². The van der Waals surface area contributed by atoms with E-state index in [-0.39, 0.29) is 6.10 Å². The van der Waals surface area contributed by atoms with Crippen molar-refractivity contribution in [2.45, 2.75) is 38.2 Å². The summed E-state index contributed by atoms with van der Waals surface area (Å²) >= 11 is 6.31. The van der Waals surface area contributed by atoms with Gasteiger partial charge in [0.25, 0.3) is 0 Å². The van der Waals surface area contributed by atoms with Gasteiger partial charge in [-0.15, -0.1) is 0 Å². The van der Waals surface area contributed by atoms with Gasteiger partial charge in [0.05, 0.1) is 0 Å². The van der Waals surface area contributed by atoms with Crippen LogP contribution in [0.5, 0.6) is 5.88 Å². The maximum atomic E-state index is 6.31. The van der Waals surface area contributed by atoms with E-state index in [1.54, 1.807) is 0 Å². The van der Waals surface area contributed by atoms with E-state index < -0.39 is 0 Å². The SMILES string of the molecule is Clc1cc(-c2ccccc2)cnc1OC1CCCCC1. The highest BCUT2D eigenvalue weighted by atomic mass is 35.5. The predicted molar refractivity (Wildman–Crippen MR) is 82.2 cm³/mol. The van der Waals surface area contributed by atoms with E-state index in [9.17, 15) is 0 Å². The van der Waals surface area contributed by atoms with Gasteiger partial charge in [0.2, 0.25) is 5.88 Å². The Kier molecular flexibility index (Phi) is 4.22. The number of ether oxygens (including phenoxy) is 1. The third-order valence-corrected chi connectivity index (χ3v) is 4.02. The number of pyridine rings is 1. The maximum absolute atomic E-state index is 6.31. The Morgan fingerprint density at radius 3 is 2.45 bits per heavy atom. The van der Waals surface area contributed by atoms with Crippen molar-refractivity contribution in [3.8, 4) is 17.0 Å². The monoisotopic (exact) mass is 287 g/mol. The first kappa shape index (κ1) is 13.4. The van der Waals surface area contributed by atoms with Crippen LogP contribution in [0.2, 0.25) is 5.02 Å². The molecular formula is C17H18ClNO. The molecule has 1 aliphatic rings. The van der Waals surface area contributed by atoms with Gasteiger partial charge in [-0.1, -0.05) is 48.4 Å². The fourth-order valence-electron chi connectivity index (χ4n) is 2.64. The number of benzene rings is 1. The quantitative estimate of drug-likeness (QED) is 0.782. The minimum absolute atomic E-state index is 0.274. The van der Waals surface area contributed by atoms with Crippen LogP contribution in [0.4, 0.5) is 0 Å². The number of nitrogens with zero attached hydrogens (tertiary/aromatic N) is 1. The van der Waals surface area contributed by atoms with Crippen LogP contribution in [0, 0.1) is 0 Å². The number of hydrogen-bond acceptors (Lipinski definition) is 2. The van der Waals surface area contributed by atoms with E-state index in [0.29, 0.717) is 10.9 Å². The molecule has 1 heterocycles. The van der Waals surface area contributed by atoms with Crippen LogP contribution in [-0.4, -0.2) is 11.1 Å². The molecule has 104 valence electrons. The number of hydrogen-bond donors (Lipinski definition) is 0. The van der Waals surface area contributed by atoms with Gasteiger partial charge < -0.3 is 4.74 Å². The number of rotatable bonds is 3. The Bertz CT molecular complexity index is 564. The molecule has 1 saturated carbocycles. The molecule has 2 nitrogen and oxygen atoms in total. The molecule has 3 heteroatoms. The van der Waals surface area contributed by atoms with E-state index in [1.165, 1.54) is 19.3 Å². The summed E-state index contributed by atoms with van der Waals surface area (Å²) in [7, 11) is 0. The van der Waals surface area contributed by atoms with Gasteiger partial charge in [0.15, 0.2) is 0 Å². The molecular weight excluding hydrogens is 270 g/mol. The molecule has 1 fully saturated rings. The van der Waals surface area contributed by atoms with Crippen molar-refractivity contribution < 1.29 is 4.74 Å². The lowest BCUT2D eigenvalue weighted by Crippen LogP contribution is -2.20. The van der Waals surface area contributed by atoms with E-state index in [2.05, 4.69) is 17.1 Å². The lowest BCUT2D eigenvalue weighted by molar-refractivity contribution is 0.149. The largest absolute Gasteiger partial charge is 0.473 e. The van der Waals surface area contributed by atoms with Gasteiger partial charge in [-0.2, -0.15) is 0 Å². The Morgan fingerprint density at radius 1 is 1.00 bits per heavy atom. The zero-order chi connectivity index (χ0) is 13.8. The molecule has 0 unspecified atom stereocenters. The molecule has 0 atom stereocenters. The smallest absolute Gasteiger partial charge is 0.232 e. The lowest BCUT2D eigenvalue weighted by atomic mass is 9.98. The summed E-state index contributed by atoms with van der Waals surface area (Å²) in [6.45, 7) is 0. The maximum Gasteiger partial charge on any atom is 0.232 e. The van der Waals surface area contributed by atoms with E-state index in [1.807, 2.05) is 30.5 Å². The van der Waals surface area contributed by atoms with Gasteiger partial charge in [-0.05, 0) is 37.3 Å². The zero-order valence-electron chi connectivity index (χ0n) is 11.4. The summed E-state index contributed by atoms with van der Waals surface area (Å²) in [6.07, 6.45) is 8.12. The standard InChI is InChI=1S/C17H18ClNO/c18-16-11-14(13-7-3-1-4-8-13)12-19-17(16)20-15-9-5-2-6-10-15/h1,3-4,7-8,11-12,15H,2,5-6,9-10H2. The lowest BCUT2D eigenvalue weighted by Gasteiger charge is -2.22. The molecule has 1 aromatic heterocycles. The average molecular weight is 288 g/mol. The summed E-state index contributed by atoms with van der Waals surface area (Å²) in [6, 6.07) is 12.1. The minimum Gasteiger partial charge on any atom is -0.473 e. The molecule has 3 rings (SSSR count). The highest BCUT2D eigenvalue weighted by Gasteiger charge is 2.17. The van der Waals surface area contributed by atoms with Crippen LogP contribution in [-0.2, 0) is 0 Å². The molecule has 0 radical (unpaired) electrons. The molecule has 1 aromatic carbocycles. The molecule has 0 saturated heterocycles. The molecule has 0 bridgehead atoms. The van der Waals surface area contributed by atoms with Gasteiger partial charge in [0.1, 0.15) is 11.1 Å². The first-order valence-corrected chi connectivity index (χ1v) is 7.58. The second-order valence-electron chi connectivity index (χ2n) is 5.25. The Labute approximate surface area is 124 Å². The molecule has 20 heavy (non-hydrogen) atoms. The van der Waals surface area contributed by atoms with Crippen LogP contribution in [0.3, 0.4) is 0 Å². The number of halogens is 1. The van der Waals surface area contributed by atoms with Gasteiger partial charge in [-0.25, -0.2) is 4.98 Å². The average Bonchev–Trinajstić information content (AvgIpc) is 2.51. The minimum atomic E-state index is 0.274. The topological polar surface area (TPSA) is 22.1 Å². The molecule has 1 aliphatic carbocycles. The second kappa shape index (κ2) is 6.27. The molecule has 0 aliphatic heterocycles. The van der Waals surface area contributed by atoms with Gasteiger partial charge in [0, 0.05) is 11.8 Å². The molecule has 0 amide bonds. The van der Waals surface area contributed by atoms with Crippen molar-refractivity contribution in [3.63, 3.8) is 0 Å². The molecule has 0 N–H and O–H groups in total. The van der Waals surface area contributed by atoms with Crippen LogP contribution in [0.1, 0.15) is 32.1 Å². The highest BCUT2D eigenvalue weighted by Crippen LogP contribution is 2.30. The first-order valence-electron chi connectivity index (χ1n) is 7.20. The summed E-state index contributed by atoms with van der Waals surface area (Å²) < 4.78 is 5.93. The third kappa shape index (κ3) is 3.13. The van der Waals surface area contributed by atoms with Crippen molar-refractivity contribution in [3.05, 3.63) is 47.6 Å². The van der Waals surface area contributed by atoms with Crippen LogP contribution >= 0.6 is 11.6 Å². The van der Waals surface area contributed by atoms with Crippen molar-refractivity contribution in [1.29, 1.82) is 0 Å². The van der Waals surface area contributed by atoms with E-state index in [0.717, 1.165) is 24.0 Å². The van der Waals surface area contributed by atoms with Crippen LogP contribution in [0.15, 0.2) is 42.6 Å². The van der Waals surface area contributed by atoms with Crippen LogP contribution in [0.25, 0.3) is 11.1 Å². The van der Waals surface area contributed by atoms with Gasteiger partial charge >= 0.3 is 0 Å². The summed E-state index contributed by atoms with van der Waals surface area (Å²) in [5.41, 5.74) is 2.14. The van der Waals surface area contributed by atoms with E-state index in [4.69, 9.17) is 16.3 Å². The summed E-state index contributed by atoms with van der Waals surface area (Å²) in [5.74, 6) is 0.568.